The fourth-order valence-corrected chi connectivity index (χ4v) is 4.34. The van der Waals surface area contributed by atoms with Crippen LogP contribution in [0.4, 0.5) is 4.79 Å². The van der Waals surface area contributed by atoms with Crippen LogP contribution in [0.25, 0.3) is 0 Å². The third-order valence-corrected chi connectivity index (χ3v) is 5.85. The van der Waals surface area contributed by atoms with Gasteiger partial charge in [-0.3, -0.25) is 5.10 Å². The zero-order valence-electron chi connectivity index (χ0n) is 14.8. The molecule has 1 atom stereocenters. The maximum atomic E-state index is 12.5. The lowest BCUT2D eigenvalue weighted by atomic mass is 9.90. The molecule has 2 heterocycles. The number of nitrogens with one attached hydrogen (secondary N) is 2. The first-order valence-electron chi connectivity index (χ1n) is 9.33. The van der Waals surface area contributed by atoms with Gasteiger partial charge >= 0.3 is 6.03 Å². The van der Waals surface area contributed by atoms with Crippen LogP contribution in [-0.4, -0.2) is 40.8 Å². The summed E-state index contributed by atoms with van der Waals surface area (Å²) in [5.74, 6) is 0.982. The number of aryl methyl sites for hydroxylation is 2. The molecule has 25 heavy (non-hydrogen) atoms. The van der Waals surface area contributed by atoms with Crippen molar-refractivity contribution >= 4 is 6.03 Å². The van der Waals surface area contributed by atoms with Gasteiger partial charge in [-0.05, 0) is 55.2 Å². The summed E-state index contributed by atoms with van der Waals surface area (Å²) in [6.45, 7) is 4.46. The van der Waals surface area contributed by atoms with Crippen LogP contribution in [0, 0.1) is 6.92 Å². The molecule has 5 nitrogen and oxygen atoms in total. The van der Waals surface area contributed by atoms with Gasteiger partial charge in [0, 0.05) is 31.2 Å². The number of piperidine rings is 1. The predicted octanol–water partition coefficient (Wildman–Crippen LogP) is 3.34. The van der Waals surface area contributed by atoms with Gasteiger partial charge in [-0.2, -0.15) is 5.10 Å². The number of fused-ring (bicyclic) bond motifs is 1. The predicted molar refractivity (Wildman–Crippen MR) is 97.8 cm³/mol. The third-order valence-electron chi connectivity index (χ3n) is 5.85. The van der Waals surface area contributed by atoms with Crippen molar-refractivity contribution in [3.8, 4) is 0 Å². The Morgan fingerprint density at radius 3 is 2.80 bits per heavy atom. The van der Waals surface area contributed by atoms with Gasteiger partial charge in [-0.15, -0.1) is 0 Å². The molecule has 1 saturated heterocycles. The summed E-state index contributed by atoms with van der Waals surface area (Å²) in [7, 11) is 0. The Kier molecular flexibility index (Phi) is 4.47. The quantitative estimate of drug-likeness (QED) is 0.902. The van der Waals surface area contributed by atoms with Crippen LogP contribution in [0.5, 0.6) is 0 Å². The monoisotopic (exact) mass is 338 g/mol. The number of hydrogen-bond donors (Lipinski definition) is 2. The maximum Gasteiger partial charge on any atom is 0.317 e. The summed E-state index contributed by atoms with van der Waals surface area (Å²) in [6.07, 6.45) is 6.24. The molecule has 1 fully saturated rings. The Morgan fingerprint density at radius 2 is 2.04 bits per heavy atom. The van der Waals surface area contributed by atoms with E-state index in [-0.39, 0.29) is 6.03 Å². The van der Waals surface area contributed by atoms with Gasteiger partial charge in [0.2, 0.25) is 0 Å². The number of carbonyl (C=O) groups excluding carboxylic acids is 1. The highest BCUT2D eigenvalue weighted by atomic mass is 16.2. The average molecular weight is 338 g/mol. The first kappa shape index (κ1) is 16.2. The van der Waals surface area contributed by atoms with Crippen molar-refractivity contribution in [3.63, 3.8) is 0 Å². The van der Waals surface area contributed by atoms with Crippen molar-refractivity contribution in [3.05, 3.63) is 52.8 Å². The van der Waals surface area contributed by atoms with E-state index in [1.165, 1.54) is 16.7 Å². The third kappa shape index (κ3) is 3.28. The standard InChI is InChI=1S/C20H26N4O/c1-14-19(13-22-23-14)16-8-10-24(11-9-16)20(25)21-12-17-7-6-15-4-2-3-5-18(15)17/h2-5,13,16-17H,6-12H2,1H3,(H,21,25)(H,22,23). The molecule has 5 heteroatoms. The molecule has 2 aliphatic rings. The zero-order chi connectivity index (χ0) is 17.2. The lowest BCUT2D eigenvalue weighted by Crippen LogP contribution is -2.45. The summed E-state index contributed by atoms with van der Waals surface area (Å²) in [4.78, 5) is 14.5. The second-order valence-electron chi connectivity index (χ2n) is 7.33. The number of carbonyl (C=O) groups is 1. The van der Waals surface area contributed by atoms with Gasteiger partial charge in [-0.1, -0.05) is 24.3 Å². The number of hydrogen-bond acceptors (Lipinski definition) is 2. The Labute approximate surface area is 148 Å². The van der Waals surface area contributed by atoms with Crippen LogP contribution in [-0.2, 0) is 6.42 Å². The second-order valence-corrected chi connectivity index (χ2v) is 7.33. The van der Waals surface area contributed by atoms with Gasteiger partial charge in [0.15, 0.2) is 0 Å². The van der Waals surface area contributed by atoms with E-state index in [0.717, 1.165) is 51.0 Å². The van der Waals surface area contributed by atoms with Crippen molar-refractivity contribution in [2.75, 3.05) is 19.6 Å². The molecule has 2 aromatic rings. The first-order valence-corrected chi connectivity index (χ1v) is 9.33. The van der Waals surface area contributed by atoms with Crippen LogP contribution in [0.3, 0.4) is 0 Å². The highest BCUT2D eigenvalue weighted by molar-refractivity contribution is 5.74. The van der Waals surface area contributed by atoms with Crippen LogP contribution in [0.15, 0.2) is 30.5 Å². The molecule has 4 rings (SSSR count). The van der Waals surface area contributed by atoms with Crippen molar-refractivity contribution in [1.29, 1.82) is 0 Å². The van der Waals surface area contributed by atoms with Crippen molar-refractivity contribution in [1.82, 2.24) is 20.4 Å². The largest absolute Gasteiger partial charge is 0.337 e. The van der Waals surface area contributed by atoms with E-state index in [1.54, 1.807) is 0 Å². The smallest absolute Gasteiger partial charge is 0.317 e. The van der Waals surface area contributed by atoms with Gasteiger partial charge in [0.1, 0.15) is 0 Å². The van der Waals surface area contributed by atoms with E-state index >= 15 is 0 Å². The first-order chi connectivity index (χ1) is 12.2. The molecule has 1 aliphatic heterocycles. The number of H-pyrrole nitrogens is 1. The summed E-state index contributed by atoms with van der Waals surface area (Å²) in [5.41, 5.74) is 5.32. The van der Waals surface area contributed by atoms with Gasteiger partial charge in [-0.25, -0.2) is 4.79 Å². The number of aromatic nitrogens is 2. The van der Waals surface area contributed by atoms with E-state index in [2.05, 4.69) is 46.7 Å². The molecule has 1 aliphatic carbocycles. The van der Waals surface area contributed by atoms with Crippen LogP contribution in [0.2, 0.25) is 0 Å². The minimum absolute atomic E-state index is 0.0896. The number of amides is 2. The molecule has 0 saturated carbocycles. The highest BCUT2D eigenvalue weighted by Crippen LogP contribution is 2.32. The molecule has 1 unspecified atom stereocenters. The fraction of sp³-hybridized carbons (Fsp3) is 0.500. The Morgan fingerprint density at radius 1 is 1.24 bits per heavy atom. The topological polar surface area (TPSA) is 61.0 Å². The minimum Gasteiger partial charge on any atom is -0.337 e. The van der Waals surface area contributed by atoms with E-state index in [0.29, 0.717) is 11.8 Å². The maximum absolute atomic E-state index is 12.5. The minimum atomic E-state index is 0.0896. The van der Waals surface area contributed by atoms with Gasteiger partial charge in [0.25, 0.3) is 0 Å². The van der Waals surface area contributed by atoms with Gasteiger partial charge < -0.3 is 10.2 Å². The number of urea groups is 1. The normalized spacial score (nSPS) is 20.5. The molecule has 0 spiro atoms. The number of rotatable bonds is 3. The summed E-state index contributed by atoms with van der Waals surface area (Å²) >= 11 is 0. The molecule has 1 aromatic carbocycles. The zero-order valence-corrected chi connectivity index (χ0v) is 14.8. The lowest BCUT2D eigenvalue weighted by Gasteiger charge is -2.32. The van der Waals surface area contributed by atoms with Crippen LogP contribution in [0.1, 0.15) is 53.5 Å². The number of nitrogens with zero attached hydrogens (tertiary/aromatic N) is 2. The molecule has 0 radical (unpaired) electrons. The fourth-order valence-electron chi connectivity index (χ4n) is 4.34. The van der Waals surface area contributed by atoms with E-state index in [9.17, 15) is 4.79 Å². The average Bonchev–Trinajstić information content (AvgIpc) is 3.26. The van der Waals surface area contributed by atoms with E-state index in [4.69, 9.17) is 0 Å². The molecular weight excluding hydrogens is 312 g/mol. The van der Waals surface area contributed by atoms with E-state index in [1.807, 2.05) is 11.1 Å². The summed E-state index contributed by atoms with van der Waals surface area (Å²) in [5, 5.41) is 10.3. The Balaban J connectivity index is 1.28. The highest BCUT2D eigenvalue weighted by Gasteiger charge is 2.27. The summed E-state index contributed by atoms with van der Waals surface area (Å²) < 4.78 is 0. The molecule has 132 valence electrons. The molecule has 1 aromatic heterocycles. The van der Waals surface area contributed by atoms with Gasteiger partial charge in [0.05, 0.1) is 6.20 Å². The van der Waals surface area contributed by atoms with Crippen molar-refractivity contribution in [2.24, 2.45) is 0 Å². The van der Waals surface area contributed by atoms with Crippen molar-refractivity contribution in [2.45, 2.75) is 44.4 Å². The summed E-state index contributed by atoms with van der Waals surface area (Å²) in [6, 6.07) is 8.71. The van der Waals surface area contributed by atoms with Crippen LogP contribution < -0.4 is 5.32 Å². The number of aromatic amines is 1. The Bertz CT molecular complexity index is 746. The molecule has 2 amide bonds. The molecule has 0 bridgehead atoms. The molecule has 2 N–H and O–H groups in total. The second kappa shape index (κ2) is 6.90. The lowest BCUT2D eigenvalue weighted by molar-refractivity contribution is 0.180. The Hall–Kier alpha value is -2.30. The SMILES string of the molecule is Cc1[nH]ncc1C1CCN(C(=O)NCC2CCc3ccccc32)CC1. The van der Waals surface area contributed by atoms with E-state index < -0.39 is 0 Å². The molecular formula is C20H26N4O. The number of likely N-dealkylation sites (tertiary alicyclic amines) is 1. The van der Waals surface area contributed by atoms with Crippen LogP contribution >= 0.6 is 0 Å². The number of benzene rings is 1. The van der Waals surface area contributed by atoms with Crippen molar-refractivity contribution < 1.29 is 4.79 Å².